The number of nitrogens with zero attached hydrogens (tertiary/aromatic N) is 2. The van der Waals surface area contributed by atoms with E-state index in [1.165, 1.54) is 19.9 Å². The van der Waals surface area contributed by atoms with Gasteiger partial charge in [-0.1, -0.05) is 12.1 Å². The highest BCUT2D eigenvalue weighted by Gasteiger charge is 2.25. The van der Waals surface area contributed by atoms with E-state index in [4.69, 9.17) is 0 Å². The lowest BCUT2D eigenvalue weighted by atomic mass is 10.3. The third-order valence-electron chi connectivity index (χ3n) is 3.59. The first-order valence-electron chi connectivity index (χ1n) is 6.89. The molecular weight excluding hydrogens is 288 g/mol. The predicted octanol–water partition coefficient (Wildman–Crippen LogP) is 1.74. The van der Waals surface area contributed by atoms with Gasteiger partial charge in [0.1, 0.15) is 4.90 Å². The zero-order valence-electron chi connectivity index (χ0n) is 11.8. The van der Waals surface area contributed by atoms with E-state index in [1.807, 2.05) is 18.6 Å². The largest absolute Gasteiger partial charge is 0.378 e. The second-order valence-electron chi connectivity index (χ2n) is 5.08. The minimum absolute atomic E-state index is 0.255. The van der Waals surface area contributed by atoms with Crippen molar-refractivity contribution in [2.75, 3.05) is 12.4 Å². The van der Waals surface area contributed by atoms with Crippen LogP contribution in [0.5, 0.6) is 0 Å². The highest BCUT2D eigenvalue weighted by Crippen LogP contribution is 2.35. The van der Waals surface area contributed by atoms with Crippen LogP contribution in [0.2, 0.25) is 0 Å². The lowest BCUT2D eigenvalue weighted by Gasteiger charge is -2.13. The van der Waals surface area contributed by atoms with Crippen molar-refractivity contribution in [3.8, 4) is 0 Å². The number of aromatic nitrogens is 2. The van der Waals surface area contributed by atoms with Gasteiger partial charge < -0.3 is 9.88 Å². The van der Waals surface area contributed by atoms with Gasteiger partial charge in [0.05, 0.1) is 24.3 Å². The molecule has 0 atom stereocenters. The van der Waals surface area contributed by atoms with Crippen LogP contribution in [0.1, 0.15) is 24.6 Å². The molecule has 21 heavy (non-hydrogen) atoms. The van der Waals surface area contributed by atoms with Crippen LogP contribution >= 0.6 is 0 Å². The highest BCUT2D eigenvalue weighted by atomic mass is 32.2. The van der Waals surface area contributed by atoms with Gasteiger partial charge in [-0.05, 0) is 32.0 Å². The van der Waals surface area contributed by atoms with Crippen LogP contribution in [-0.2, 0) is 16.6 Å². The van der Waals surface area contributed by atoms with Gasteiger partial charge in [0.25, 0.3) is 0 Å². The molecule has 1 saturated carbocycles. The molecule has 2 N–H and O–H groups in total. The molecule has 1 aliphatic rings. The molecule has 0 saturated heterocycles. The zero-order valence-corrected chi connectivity index (χ0v) is 12.6. The first-order chi connectivity index (χ1) is 10.1. The zero-order chi connectivity index (χ0) is 14.9. The standard InChI is InChI=1S/C14H18N4O2S/c1-15-21(19,20)14-5-3-2-4-13(14)17-9-12-8-16-10-18(12)11-6-7-11/h2-5,8,10-11,15,17H,6-7,9H2,1H3. The number of hydrogen-bond acceptors (Lipinski definition) is 4. The van der Waals surface area contributed by atoms with E-state index in [2.05, 4.69) is 19.6 Å². The summed E-state index contributed by atoms with van der Waals surface area (Å²) in [4.78, 5) is 4.43. The Bertz CT molecular complexity index is 735. The molecule has 3 rings (SSSR count). The molecule has 7 heteroatoms. The highest BCUT2D eigenvalue weighted by molar-refractivity contribution is 7.89. The molecule has 0 radical (unpaired) electrons. The molecule has 1 heterocycles. The molecular formula is C14H18N4O2S. The SMILES string of the molecule is CNS(=O)(=O)c1ccccc1NCc1cncn1C1CC1. The fourth-order valence-electron chi connectivity index (χ4n) is 2.29. The number of nitrogens with one attached hydrogen (secondary N) is 2. The van der Waals surface area contributed by atoms with Gasteiger partial charge in [0.2, 0.25) is 10.0 Å². The van der Waals surface area contributed by atoms with Crippen molar-refractivity contribution in [3.63, 3.8) is 0 Å². The molecule has 1 aliphatic carbocycles. The maximum Gasteiger partial charge on any atom is 0.242 e. The second kappa shape index (κ2) is 5.50. The first kappa shape index (κ1) is 14.1. The van der Waals surface area contributed by atoms with E-state index in [0.717, 1.165) is 5.69 Å². The minimum atomic E-state index is -3.47. The van der Waals surface area contributed by atoms with Crippen molar-refractivity contribution in [2.45, 2.75) is 30.3 Å². The van der Waals surface area contributed by atoms with Crippen molar-refractivity contribution in [1.82, 2.24) is 14.3 Å². The van der Waals surface area contributed by atoms with Crippen molar-refractivity contribution in [1.29, 1.82) is 0 Å². The van der Waals surface area contributed by atoms with Gasteiger partial charge in [-0.25, -0.2) is 18.1 Å². The Hall–Kier alpha value is -1.86. The van der Waals surface area contributed by atoms with E-state index in [9.17, 15) is 8.42 Å². The van der Waals surface area contributed by atoms with Gasteiger partial charge in [0.15, 0.2) is 0 Å². The van der Waals surface area contributed by atoms with Crippen LogP contribution in [0.3, 0.4) is 0 Å². The molecule has 0 spiro atoms. The van der Waals surface area contributed by atoms with Crippen molar-refractivity contribution < 1.29 is 8.42 Å². The summed E-state index contributed by atoms with van der Waals surface area (Å²) >= 11 is 0. The third-order valence-corrected chi connectivity index (χ3v) is 5.06. The van der Waals surface area contributed by atoms with Gasteiger partial charge in [0, 0.05) is 12.2 Å². The molecule has 0 bridgehead atoms. The Morgan fingerprint density at radius 3 is 2.81 bits per heavy atom. The Morgan fingerprint density at radius 2 is 2.10 bits per heavy atom. The van der Waals surface area contributed by atoms with E-state index in [0.29, 0.717) is 18.3 Å². The molecule has 1 fully saturated rings. The van der Waals surface area contributed by atoms with E-state index in [1.54, 1.807) is 18.2 Å². The number of hydrogen-bond donors (Lipinski definition) is 2. The number of imidazole rings is 1. The Labute approximate surface area is 124 Å². The summed E-state index contributed by atoms with van der Waals surface area (Å²) in [5.74, 6) is 0. The number of rotatable bonds is 6. The molecule has 0 amide bonds. The van der Waals surface area contributed by atoms with Crippen LogP contribution in [0.4, 0.5) is 5.69 Å². The average Bonchev–Trinajstić information content (AvgIpc) is 3.24. The maximum atomic E-state index is 12.0. The van der Waals surface area contributed by atoms with Crippen molar-refractivity contribution in [3.05, 3.63) is 42.5 Å². The van der Waals surface area contributed by atoms with Gasteiger partial charge in [-0.15, -0.1) is 0 Å². The molecule has 6 nitrogen and oxygen atoms in total. The molecule has 1 aromatic heterocycles. The Kier molecular flexibility index (Phi) is 3.69. The lowest BCUT2D eigenvalue weighted by molar-refractivity contribution is 0.588. The molecule has 1 aromatic carbocycles. The van der Waals surface area contributed by atoms with Crippen LogP contribution in [0.15, 0.2) is 41.7 Å². The molecule has 0 aliphatic heterocycles. The van der Waals surface area contributed by atoms with Crippen molar-refractivity contribution in [2.24, 2.45) is 0 Å². The third kappa shape index (κ3) is 2.93. The summed E-state index contributed by atoms with van der Waals surface area (Å²) in [7, 11) is -2.06. The summed E-state index contributed by atoms with van der Waals surface area (Å²) in [5, 5.41) is 3.20. The fraction of sp³-hybridized carbons (Fsp3) is 0.357. The van der Waals surface area contributed by atoms with Crippen LogP contribution < -0.4 is 10.0 Å². The number of anilines is 1. The molecule has 2 aromatic rings. The number of sulfonamides is 1. The Morgan fingerprint density at radius 1 is 1.33 bits per heavy atom. The van der Waals surface area contributed by atoms with Gasteiger partial charge in [-0.2, -0.15) is 0 Å². The Balaban J connectivity index is 1.81. The van der Waals surface area contributed by atoms with Crippen LogP contribution in [-0.4, -0.2) is 25.0 Å². The number of benzene rings is 1. The topological polar surface area (TPSA) is 76.0 Å². The first-order valence-corrected chi connectivity index (χ1v) is 8.37. The van der Waals surface area contributed by atoms with Gasteiger partial charge >= 0.3 is 0 Å². The van der Waals surface area contributed by atoms with Gasteiger partial charge in [-0.3, -0.25) is 0 Å². The summed E-state index contributed by atoms with van der Waals surface area (Å²) in [6, 6.07) is 7.44. The monoisotopic (exact) mass is 306 g/mol. The smallest absolute Gasteiger partial charge is 0.242 e. The lowest BCUT2D eigenvalue weighted by Crippen LogP contribution is -2.20. The molecule has 0 unspecified atom stereocenters. The summed E-state index contributed by atoms with van der Waals surface area (Å²) in [6.45, 7) is 0.548. The quantitative estimate of drug-likeness (QED) is 0.852. The molecule has 112 valence electrons. The fourth-order valence-corrected chi connectivity index (χ4v) is 3.20. The average molecular weight is 306 g/mol. The van der Waals surface area contributed by atoms with Crippen LogP contribution in [0.25, 0.3) is 0 Å². The second-order valence-corrected chi connectivity index (χ2v) is 6.94. The maximum absolute atomic E-state index is 12.0. The summed E-state index contributed by atoms with van der Waals surface area (Å²) in [6.07, 6.45) is 6.04. The summed E-state index contributed by atoms with van der Waals surface area (Å²) < 4.78 is 28.5. The van der Waals surface area contributed by atoms with E-state index >= 15 is 0 Å². The van der Waals surface area contributed by atoms with E-state index < -0.39 is 10.0 Å². The van der Waals surface area contributed by atoms with Crippen LogP contribution in [0, 0.1) is 0 Å². The predicted molar refractivity (Wildman–Crippen MR) is 80.5 cm³/mol. The van der Waals surface area contributed by atoms with E-state index in [-0.39, 0.29) is 4.90 Å². The minimum Gasteiger partial charge on any atom is -0.378 e. The number of para-hydroxylation sites is 1. The summed E-state index contributed by atoms with van der Waals surface area (Å²) in [5.41, 5.74) is 1.66. The normalized spacial score (nSPS) is 15.1. The van der Waals surface area contributed by atoms with Crippen molar-refractivity contribution >= 4 is 15.7 Å².